The van der Waals surface area contributed by atoms with Crippen LogP contribution >= 0.6 is 11.3 Å². The van der Waals surface area contributed by atoms with Gasteiger partial charge in [-0.3, -0.25) is 4.79 Å². The Morgan fingerprint density at radius 2 is 1.90 bits per heavy atom. The number of thiophene rings is 1. The first-order valence-electron chi connectivity index (χ1n) is 6.95. The first kappa shape index (κ1) is 16.5. The third kappa shape index (κ3) is 4.05. The zero-order valence-corrected chi connectivity index (χ0v) is 14.1. The van der Waals surface area contributed by atoms with Gasteiger partial charge in [-0.25, -0.2) is 13.1 Å². The van der Waals surface area contributed by atoms with Crippen molar-refractivity contribution in [2.45, 2.75) is 43.2 Å². The SMILES string of the molecule is CC(C)(C)c1ccc(S(=O)(=O)NC(=O)C2CCOCC2)s1. The Labute approximate surface area is 129 Å². The minimum absolute atomic E-state index is 0.108. The molecule has 1 aromatic heterocycles. The van der Waals surface area contributed by atoms with Gasteiger partial charge in [-0.15, -0.1) is 11.3 Å². The Hall–Kier alpha value is -0.920. The van der Waals surface area contributed by atoms with Crippen LogP contribution in [0.4, 0.5) is 0 Å². The summed E-state index contributed by atoms with van der Waals surface area (Å²) >= 11 is 1.21. The predicted octanol–water partition coefficient (Wildman–Crippen LogP) is 2.28. The minimum Gasteiger partial charge on any atom is -0.381 e. The van der Waals surface area contributed by atoms with Crippen molar-refractivity contribution in [1.82, 2.24) is 4.72 Å². The summed E-state index contributed by atoms with van der Waals surface area (Å²) in [7, 11) is -3.77. The van der Waals surface area contributed by atoms with Gasteiger partial charge in [0.05, 0.1) is 0 Å². The van der Waals surface area contributed by atoms with E-state index in [0.29, 0.717) is 26.1 Å². The van der Waals surface area contributed by atoms with Gasteiger partial charge in [0.2, 0.25) is 5.91 Å². The number of ether oxygens (including phenoxy) is 1. The van der Waals surface area contributed by atoms with Crippen LogP contribution in [0.5, 0.6) is 0 Å². The molecule has 2 rings (SSSR count). The Balaban J connectivity index is 2.11. The third-order valence-electron chi connectivity index (χ3n) is 3.41. The summed E-state index contributed by atoms with van der Waals surface area (Å²) in [5.74, 6) is -0.709. The normalized spacial score (nSPS) is 17.7. The molecule has 1 fully saturated rings. The molecular formula is C14H21NO4S2. The molecule has 7 heteroatoms. The zero-order valence-electron chi connectivity index (χ0n) is 12.5. The molecule has 0 saturated carbocycles. The number of sulfonamides is 1. The van der Waals surface area contributed by atoms with Gasteiger partial charge < -0.3 is 4.74 Å². The highest BCUT2D eigenvalue weighted by Gasteiger charge is 2.28. The highest BCUT2D eigenvalue weighted by Crippen LogP contribution is 2.31. The molecule has 118 valence electrons. The molecule has 1 saturated heterocycles. The molecule has 1 aliphatic rings. The molecule has 21 heavy (non-hydrogen) atoms. The Morgan fingerprint density at radius 3 is 2.43 bits per heavy atom. The number of carbonyl (C=O) groups excluding carboxylic acids is 1. The maximum Gasteiger partial charge on any atom is 0.273 e. The number of hydrogen-bond acceptors (Lipinski definition) is 5. The van der Waals surface area contributed by atoms with E-state index in [9.17, 15) is 13.2 Å². The molecule has 0 aliphatic carbocycles. The standard InChI is InChI=1S/C14H21NO4S2/c1-14(2,3)11-4-5-12(20-11)21(17,18)15-13(16)10-6-8-19-9-7-10/h4-5,10H,6-9H2,1-3H3,(H,15,16). The van der Waals surface area contributed by atoms with Crippen molar-refractivity contribution in [3.63, 3.8) is 0 Å². The average molecular weight is 331 g/mol. The molecule has 0 spiro atoms. The van der Waals surface area contributed by atoms with Crippen molar-refractivity contribution in [3.8, 4) is 0 Å². The molecule has 1 N–H and O–H groups in total. The zero-order chi connectivity index (χ0) is 15.7. The lowest BCUT2D eigenvalue weighted by molar-refractivity contribution is -0.125. The van der Waals surface area contributed by atoms with Crippen LogP contribution in [0.3, 0.4) is 0 Å². The fourth-order valence-corrected chi connectivity index (χ4v) is 4.50. The fourth-order valence-electron chi connectivity index (χ4n) is 2.09. The topological polar surface area (TPSA) is 72.5 Å². The maximum absolute atomic E-state index is 12.3. The van der Waals surface area contributed by atoms with Crippen LogP contribution in [-0.4, -0.2) is 27.5 Å². The van der Waals surface area contributed by atoms with E-state index < -0.39 is 15.9 Å². The number of amides is 1. The number of rotatable bonds is 3. The fraction of sp³-hybridized carbons (Fsp3) is 0.643. The van der Waals surface area contributed by atoms with Crippen LogP contribution in [0.25, 0.3) is 0 Å². The van der Waals surface area contributed by atoms with E-state index in [-0.39, 0.29) is 15.5 Å². The number of hydrogen-bond donors (Lipinski definition) is 1. The second kappa shape index (κ2) is 6.06. The molecule has 1 amide bonds. The highest BCUT2D eigenvalue weighted by molar-refractivity contribution is 7.92. The van der Waals surface area contributed by atoms with E-state index in [2.05, 4.69) is 4.72 Å². The largest absolute Gasteiger partial charge is 0.381 e. The quantitative estimate of drug-likeness (QED) is 0.922. The van der Waals surface area contributed by atoms with E-state index in [0.717, 1.165) is 4.88 Å². The van der Waals surface area contributed by atoms with Crippen LogP contribution in [-0.2, 0) is 25.0 Å². The second-order valence-electron chi connectivity index (χ2n) is 6.23. The average Bonchev–Trinajstić information content (AvgIpc) is 2.89. The van der Waals surface area contributed by atoms with Crippen LogP contribution in [0.2, 0.25) is 0 Å². The second-order valence-corrected chi connectivity index (χ2v) is 9.22. The molecule has 0 radical (unpaired) electrons. The van der Waals surface area contributed by atoms with Crippen molar-refractivity contribution >= 4 is 27.3 Å². The molecule has 0 atom stereocenters. The van der Waals surface area contributed by atoms with E-state index in [1.807, 2.05) is 20.8 Å². The molecule has 1 aromatic rings. The lowest BCUT2D eigenvalue weighted by Gasteiger charge is -2.20. The van der Waals surface area contributed by atoms with E-state index >= 15 is 0 Å². The van der Waals surface area contributed by atoms with Gasteiger partial charge >= 0.3 is 0 Å². The summed E-state index contributed by atoms with van der Waals surface area (Å²) in [5, 5.41) is 0. The van der Waals surface area contributed by atoms with Crippen LogP contribution < -0.4 is 4.72 Å². The summed E-state index contributed by atoms with van der Waals surface area (Å²) in [6.45, 7) is 7.08. The third-order valence-corrected chi connectivity index (χ3v) is 6.76. The molecule has 2 heterocycles. The number of nitrogens with one attached hydrogen (secondary N) is 1. The molecule has 0 aromatic carbocycles. The maximum atomic E-state index is 12.3. The van der Waals surface area contributed by atoms with E-state index in [4.69, 9.17) is 4.74 Å². The molecule has 0 bridgehead atoms. The van der Waals surface area contributed by atoms with E-state index in [1.54, 1.807) is 12.1 Å². The summed E-state index contributed by atoms with van der Waals surface area (Å²) in [6.07, 6.45) is 1.14. The smallest absolute Gasteiger partial charge is 0.273 e. The first-order valence-corrected chi connectivity index (χ1v) is 9.25. The van der Waals surface area contributed by atoms with Crippen molar-refractivity contribution in [3.05, 3.63) is 17.0 Å². The van der Waals surface area contributed by atoms with Crippen molar-refractivity contribution < 1.29 is 17.9 Å². The summed E-state index contributed by atoms with van der Waals surface area (Å²) < 4.78 is 32.1. The lowest BCUT2D eigenvalue weighted by atomic mass is 9.95. The Morgan fingerprint density at radius 1 is 1.29 bits per heavy atom. The Bertz CT molecular complexity index is 607. The highest BCUT2D eigenvalue weighted by atomic mass is 32.2. The first-order chi connectivity index (χ1) is 9.70. The van der Waals surface area contributed by atoms with Gasteiger partial charge in [0, 0.05) is 24.0 Å². The summed E-state index contributed by atoms with van der Waals surface area (Å²) in [6, 6.07) is 3.36. The number of carbonyl (C=O) groups is 1. The summed E-state index contributed by atoms with van der Waals surface area (Å²) in [4.78, 5) is 13.0. The van der Waals surface area contributed by atoms with Gasteiger partial charge in [-0.1, -0.05) is 20.8 Å². The van der Waals surface area contributed by atoms with E-state index in [1.165, 1.54) is 11.3 Å². The molecule has 5 nitrogen and oxygen atoms in total. The summed E-state index contributed by atoms with van der Waals surface area (Å²) in [5.41, 5.74) is -0.108. The lowest BCUT2D eigenvalue weighted by Crippen LogP contribution is -2.37. The Kier molecular flexibility index (Phi) is 4.75. The van der Waals surface area contributed by atoms with Crippen molar-refractivity contribution in [1.29, 1.82) is 0 Å². The predicted molar refractivity (Wildman–Crippen MR) is 81.9 cm³/mol. The van der Waals surface area contributed by atoms with Gasteiger partial charge in [-0.05, 0) is 30.4 Å². The van der Waals surface area contributed by atoms with Gasteiger partial charge in [0.25, 0.3) is 10.0 Å². The van der Waals surface area contributed by atoms with Crippen LogP contribution in [0.15, 0.2) is 16.3 Å². The van der Waals surface area contributed by atoms with Gasteiger partial charge in [0.15, 0.2) is 0 Å². The minimum atomic E-state index is -3.77. The van der Waals surface area contributed by atoms with Gasteiger partial charge in [0.1, 0.15) is 4.21 Å². The van der Waals surface area contributed by atoms with Gasteiger partial charge in [-0.2, -0.15) is 0 Å². The van der Waals surface area contributed by atoms with Crippen LogP contribution in [0.1, 0.15) is 38.5 Å². The van der Waals surface area contributed by atoms with Crippen LogP contribution in [0, 0.1) is 5.92 Å². The molecular weight excluding hydrogens is 310 g/mol. The molecule has 1 aliphatic heterocycles. The molecule has 0 unspecified atom stereocenters. The van der Waals surface area contributed by atoms with Crippen molar-refractivity contribution in [2.24, 2.45) is 5.92 Å². The monoisotopic (exact) mass is 331 g/mol. The van der Waals surface area contributed by atoms with Crippen molar-refractivity contribution in [2.75, 3.05) is 13.2 Å².